The van der Waals surface area contributed by atoms with Crippen LogP contribution >= 0.6 is 0 Å². The highest BCUT2D eigenvalue weighted by Crippen LogP contribution is 2.02. The van der Waals surface area contributed by atoms with Crippen molar-refractivity contribution in [3.63, 3.8) is 0 Å². The molecule has 0 saturated carbocycles. The van der Waals surface area contributed by atoms with Gasteiger partial charge in [0.25, 0.3) is 12.9 Å². The average Bonchev–Trinajstić information content (AvgIpc) is 2.16. The summed E-state index contributed by atoms with van der Waals surface area (Å²) in [6, 6.07) is 0. The molecule has 0 aromatic heterocycles. The lowest BCUT2D eigenvalue weighted by Gasteiger charge is -2.17. The minimum absolute atomic E-state index is 0.347. The van der Waals surface area contributed by atoms with Gasteiger partial charge in [-0.15, -0.1) is 0 Å². The summed E-state index contributed by atoms with van der Waals surface area (Å²) < 4.78 is 60.0. The molecule has 0 bridgehead atoms. The highest BCUT2D eigenvalue weighted by atomic mass is 19.3. The van der Waals surface area contributed by atoms with Crippen LogP contribution in [0.4, 0.5) is 17.6 Å². The molecule has 0 spiro atoms. The molecule has 0 aliphatic rings. The molecule has 0 aromatic carbocycles. The van der Waals surface area contributed by atoms with Crippen LogP contribution in [0.3, 0.4) is 0 Å². The van der Waals surface area contributed by atoms with Crippen LogP contribution in [0.2, 0.25) is 0 Å². The number of ether oxygens (including phenoxy) is 3. The summed E-state index contributed by atoms with van der Waals surface area (Å²) in [7, 11) is 0. The van der Waals surface area contributed by atoms with Gasteiger partial charge in [0, 0.05) is 0 Å². The minimum Gasteiger partial charge on any atom is -0.327 e. The molecule has 0 aliphatic heterocycles. The van der Waals surface area contributed by atoms with E-state index in [1.54, 1.807) is 0 Å². The van der Waals surface area contributed by atoms with E-state index in [0.717, 1.165) is 0 Å². The maximum atomic E-state index is 11.7. The van der Waals surface area contributed by atoms with Gasteiger partial charge in [0.1, 0.15) is 20.0 Å². The molecular formula is C7H12F4O3. The van der Waals surface area contributed by atoms with E-state index in [1.807, 2.05) is 0 Å². The molecule has 0 unspecified atom stereocenters. The first-order chi connectivity index (χ1) is 6.70. The molecule has 0 rings (SSSR count). The van der Waals surface area contributed by atoms with Crippen molar-refractivity contribution in [2.75, 3.05) is 33.2 Å². The first-order valence-electron chi connectivity index (χ1n) is 3.95. The predicted octanol–water partition coefficient (Wildman–Crippen LogP) is 1.52. The maximum absolute atomic E-state index is 11.7. The molecule has 0 radical (unpaired) electrons. The molecular weight excluding hydrogens is 208 g/mol. The first-order valence-corrected chi connectivity index (χ1v) is 3.95. The van der Waals surface area contributed by atoms with Crippen molar-refractivity contribution < 1.29 is 31.8 Å². The van der Waals surface area contributed by atoms with Crippen molar-refractivity contribution in [3.05, 3.63) is 0 Å². The Bertz CT molecular complexity index is 118. The Hall–Kier alpha value is -0.400. The Morgan fingerprint density at radius 3 is 1.71 bits per heavy atom. The molecule has 86 valence electrons. The molecule has 0 saturated heterocycles. The zero-order valence-corrected chi connectivity index (χ0v) is 7.43. The molecule has 0 atom stereocenters. The number of rotatable bonds is 9. The Morgan fingerprint density at radius 2 is 1.36 bits per heavy atom. The monoisotopic (exact) mass is 220 g/mol. The summed E-state index contributed by atoms with van der Waals surface area (Å²) in [5, 5.41) is 0. The number of alkyl halides is 4. The molecule has 0 aromatic rings. The van der Waals surface area contributed by atoms with Crippen LogP contribution in [0.1, 0.15) is 0 Å². The second-order valence-electron chi connectivity index (χ2n) is 2.13. The Kier molecular flexibility index (Phi) is 8.90. The Labute approximate surface area is 78.9 Å². The van der Waals surface area contributed by atoms with Gasteiger partial charge in [-0.25, -0.2) is 17.6 Å². The van der Waals surface area contributed by atoms with E-state index >= 15 is 0 Å². The molecule has 0 fully saturated rings. The zero-order chi connectivity index (χ0) is 10.8. The van der Waals surface area contributed by atoms with Crippen molar-refractivity contribution in [1.82, 2.24) is 0 Å². The Morgan fingerprint density at radius 1 is 0.857 bits per heavy atom. The van der Waals surface area contributed by atoms with E-state index in [9.17, 15) is 17.6 Å². The predicted molar refractivity (Wildman–Crippen MR) is 39.6 cm³/mol. The summed E-state index contributed by atoms with van der Waals surface area (Å²) in [4.78, 5) is 0. The normalized spacial score (nSPS) is 11.6. The van der Waals surface area contributed by atoms with E-state index in [0.29, 0.717) is 0 Å². The quantitative estimate of drug-likeness (QED) is 0.435. The van der Waals surface area contributed by atoms with Crippen LogP contribution in [-0.2, 0) is 14.2 Å². The summed E-state index contributed by atoms with van der Waals surface area (Å²) in [5.74, 6) is 0. The lowest BCUT2D eigenvalue weighted by molar-refractivity contribution is -0.296. The lowest BCUT2D eigenvalue weighted by Crippen LogP contribution is -2.25. The first kappa shape index (κ1) is 13.6. The van der Waals surface area contributed by atoms with Gasteiger partial charge in [0.05, 0.1) is 13.2 Å². The second kappa shape index (κ2) is 9.17. The van der Waals surface area contributed by atoms with Crippen LogP contribution in [0.5, 0.6) is 0 Å². The van der Waals surface area contributed by atoms with Crippen LogP contribution < -0.4 is 0 Å². The van der Waals surface area contributed by atoms with E-state index in [4.69, 9.17) is 0 Å². The van der Waals surface area contributed by atoms with Crippen molar-refractivity contribution in [1.29, 1.82) is 0 Å². The molecule has 14 heavy (non-hydrogen) atoms. The van der Waals surface area contributed by atoms with Gasteiger partial charge in [-0.2, -0.15) is 0 Å². The summed E-state index contributed by atoms with van der Waals surface area (Å²) in [6.07, 6.45) is -2.68. The largest absolute Gasteiger partial charge is 0.327 e. The highest BCUT2D eigenvalue weighted by molar-refractivity contribution is 4.36. The fourth-order valence-corrected chi connectivity index (χ4v) is 0.577. The fourth-order valence-electron chi connectivity index (χ4n) is 0.577. The van der Waals surface area contributed by atoms with Crippen molar-refractivity contribution >= 4 is 0 Å². The average molecular weight is 220 g/mol. The van der Waals surface area contributed by atoms with Crippen molar-refractivity contribution in [2.24, 2.45) is 0 Å². The number of halogens is 4. The topological polar surface area (TPSA) is 27.7 Å². The van der Waals surface area contributed by atoms with Gasteiger partial charge in [-0.05, 0) is 0 Å². The molecule has 0 amide bonds. The smallest absolute Gasteiger partial charge is 0.271 e. The summed E-state index contributed by atoms with van der Waals surface area (Å²) in [6.45, 7) is -4.62. The molecule has 0 heterocycles. The third-order valence-corrected chi connectivity index (χ3v) is 1.02. The third kappa shape index (κ3) is 8.21. The number of hydrogen-bond acceptors (Lipinski definition) is 3. The van der Waals surface area contributed by atoms with Crippen LogP contribution in [-0.4, -0.2) is 46.1 Å². The standard InChI is InChI=1S/C7H12F4O3/c8-1-3-12-7(13-4-2-9)14-5-6(10)11/h6-7H,1-5H2. The van der Waals surface area contributed by atoms with E-state index in [2.05, 4.69) is 14.2 Å². The molecule has 3 nitrogen and oxygen atoms in total. The summed E-state index contributed by atoms with van der Waals surface area (Å²) >= 11 is 0. The highest BCUT2D eigenvalue weighted by Gasteiger charge is 2.13. The van der Waals surface area contributed by atoms with Crippen LogP contribution in [0, 0.1) is 0 Å². The number of hydrogen-bond donors (Lipinski definition) is 0. The van der Waals surface area contributed by atoms with E-state index in [-0.39, 0.29) is 13.2 Å². The van der Waals surface area contributed by atoms with Gasteiger partial charge in [-0.1, -0.05) is 0 Å². The maximum Gasteiger partial charge on any atom is 0.271 e. The minimum atomic E-state index is -2.68. The Balaban J connectivity index is 3.60. The SMILES string of the molecule is FCCOC(OCCF)OCC(F)F. The van der Waals surface area contributed by atoms with E-state index < -0.39 is 32.9 Å². The lowest BCUT2D eigenvalue weighted by atomic mass is 10.7. The summed E-state index contributed by atoms with van der Waals surface area (Å²) in [5.41, 5.74) is 0. The van der Waals surface area contributed by atoms with Crippen molar-refractivity contribution in [3.8, 4) is 0 Å². The van der Waals surface area contributed by atoms with Gasteiger partial charge in [-0.3, -0.25) is 0 Å². The third-order valence-electron chi connectivity index (χ3n) is 1.02. The second-order valence-corrected chi connectivity index (χ2v) is 2.13. The van der Waals surface area contributed by atoms with Crippen LogP contribution in [0.15, 0.2) is 0 Å². The van der Waals surface area contributed by atoms with Crippen molar-refractivity contribution in [2.45, 2.75) is 12.9 Å². The molecule has 0 aliphatic carbocycles. The molecule has 7 heteroatoms. The van der Waals surface area contributed by atoms with Crippen LogP contribution in [0.25, 0.3) is 0 Å². The molecule has 0 N–H and O–H groups in total. The zero-order valence-electron chi connectivity index (χ0n) is 7.43. The van der Waals surface area contributed by atoms with Gasteiger partial charge < -0.3 is 14.2 Å². The van der Waals surface area contributed by atoms with Gasteiger partial charge >= 0.3 is 0 Å². The van der Waals surface area contributed by atoms with E-state index in [1.165, 1.54) is 0 Å². The van der Waals surface area contributed by atoms with Gasteiger partial charge in [0.2, 0.25) is 0 Å². The fraction of sp³-hybridized carbons (Fsp3) is 1.00. The van der Waals surface area contributed by atoms with Gasteiger partial charge in [0.15, 0.2) is 0 Å².